The molecule has 1 heterocycles. The van der Waals surface area contributed by atoms with E-state index in [1.807, 2.05) is 25.2 Å². The summed E-state index contributed by atoms with van der Waals surface area (Å²) in [6.45, 7) is 8.67. The van der Waals surface area contributed by atoms with Crippen molar-refractivity contribution in [2.24, 2.45) is 10.9 Å². The van der Waals surface area contributed by atoms with Gasteiger partial charge in [0.15, 0.2) is 5.96 Å². The Labute approximate surface area is 164 Å². The zero-order chi connectivity index (χ0) is 19.5. The van der Waals surface area contributed by atoms with Gasteiger partial charge < -0.3 is 24.6 Å². The van der Waals surface area contributed by atoms with Gasteiger partial charge in [-0.2, -0.15) is 0 Å². The molecule has 0 radical (unpaired) electrons. The molecule has 0 atom stereocenters. The molecule has 0 amide bonds. The minimum Gasteiger partial charge on any atom is -0.491 e. The number of hydrogen-bond acceptors (Lipinski definition) is 4. The summed E-state index contributed by atoms with van der Waals surface area (Å²) in [5, 5.41) is 3.53. The predicted molar refractivity (Wildman–Crippen MR) is 112 cm³/mol. The van der Waals surface area contributed by atoms with Gasteiger partial charge >= 0.3 is 0 Å². The van der Waals surface area contributed by atoms with Gasteiger partial charge in [0.2, 0.25) is 0 Å². The lowest BCUT2D eigenvalue weighted by atomic mass is 9.97. The van der Waals surface area contributed by atoms with Crippen molar-refractivity contribution in [3.8, 4) is 5.75 Å². The van der Waals surface area contributed by atoms with Crippen LogP contribution in [0.5, 0.6) is 5.75 Å². The standard InChI is InChI=1S/C21H36N4O2/c1-18-7-5-6-8-20(18)27-16-13-24(3)21(22-2)23-17-19-9-11-25(12-10-19)14-15-26-4/h5-8,19H,9-17H2,1-4H3,(H,22,23). The summed E-state index contributed by atoms with van der Waals surface area (Å²) in [5.41, 5.74) is 1.17. The fourth-order valence-electron chi connectivity index (χ4n) is 3.37. The van der Waals surface area contributed by atoms with Crippen molar-refractivity contribution in [1.29, 1.82) is 0 Å². The van der Waals surface area contributed by atoms with Gasteiger partial charge in [-0.25, -0.2) is 0 Å². The van der Waals surface area contributed by atoms with Crippen molar-refractivity contribution in [3.05, 3.63) is 29.8 Å². The lowest BCUT2D eigenvalue weighted by molar-refractivity contribution is 0.120. The molecule has 1 aromatic carbocycles. The Hall–Kier alpha value is -1.79. The molecule has 0 aliphatic carbocycles. The first-order valence-corrected chi connectivity index (χ1v) is 9.95. The summed E-state index contributed by atoms with van der Waals surface area (Å²) in [6.07, 6.45) is 2.46. The molecule has 0 spiro atoms. The van der Waals surface area contributed by atoms with E-state index < -0.39 is 0 Å². The van der Waals surface area contributed by atoms with Crippen LogP contribution in [0.25, 0.3) is 0 Å². The van der Waals surface area contributed by atoms with Gasteiger partial charge in [0.25, 0.3) is 0 Å². The number of ether oxygens (including phenoxy) is 2. The molecule has 1 fully saturated rings. The lowest BCUT2D eigenvalue weighted by Gasteiger charge is -2.32. The third-order valence-electron chi connectivity index (χ3n) is 5.22. The molecule has 27 heavy (non-hydrogen) atoms. The maximum absolute atomic E-state index is 5.90. The van der Waals surface area contributed by atoms with Crippen molar-refractivity contribution in [2.75, 3.05) is 67.1 Å². The van der Waals surface area contributed by atoms with Crippen molar-refractivity contribution < 1.29 is 9.47 Å². The number of benzene rings is 1. The molecular weight excluding hydrogens is 340 g/mol. The Morgan fingerprint density at radius 3 is 2.67 bits per heavy atom. The minimum absolute atomic E-state index is 0.639. The maximum atomic E-state index is 5.90. The number of guanidine groups is 1. The minimum atomic E-state index is 0.639. The monoisotopic (exact) mass is 376 g/mol. The zero-order valence-electron chi connectivity index (χ0n) is 17.4. The number of rotatable bonds is 9. The number of likely N-dealkylation sites (N-methyl/N-ethyl adjacent to an activating group) is 1. The highest BCUT2D eigenvalue weighted by atomic mass is 16.5. The SMILES string of the molecule is CN=C(NCC1CCN(CCOC)CC1)N(C)CCOc1ccccc1C. The number of nitrogens with zero attached hydrogens (tertiary/aromatic N) is 3. The Morgan fingerprint density at radius 2 is 2.00 bits per heavy atom. The topological polar surface area (TPSA) is 49.3 Å². The molecule has 1 saturated heterocycles. The van der Waals surface area contributed by atoms with E-state index in [0.29, 0.717) is 12.5 Å². The van der Waals surface area contributed by atoms with Crippen LogP contribution in [0.3, 0.4) is 0 Å². The van der Waals surface area contributed by atoms with Gasteiger partial charge in [-0.15, -0.1) is 0 Å². The quantitative estimate of drug-likeness (QED) is 0.529. The number of aryl methyl sites for hydroxylation is 1. The van der Waals surface area contributed by atoms with Gasteiger partial charge in [0, 0.05) is 34.3 Å². The summed E-state index contributed by atoms with van der Waals surface area (Å²) < 4.78 is 11.1. The predicted octanol–water partition coefficient (Wildman–Crippen LogP) is 2.24. The third kappa shape index (κ3) is 7.39. The van der Waals surface area contributed by atoms with Crippen LogP contribution in [0.2, 0.25) is 0 Å². The smallest absolute Gasteiger partial charge is 0.193 e. The highest BCUT2D eigenvalue weighted by molar-refractivity contribution is 5.79. The Kier molecular flexibility index (Phi) is 9.42. The van der Waals surface area contributed by atoms with Crippen LogP contribution in [0.4, 0.5) is 0 Å². The molecule has 6 nitrogen and oxygen atoms in total. The maximum Gasteiger partial charge on any atom is 0.193 e. The van der Waals surface area contributed by atoms with Crippen LogP contribution in [-0.4, -0.2) is 82.9 Å². The summed E-state index contributed by atoms with van der Waals surface area (Å²) in [5.74, 6) is 2.59. The molecule has 6 heteroatoms. The van der Waals surface area contributed by atoms with Crippen molar-refractivity contribution in [2.45, 2.75) is 19.8 Å². The first kappa shape index (κ1) is 21.5. The number of aliphatic imine (C=N–C) groups is 1. The van der Waals surface area contributed by atoms with Crippen LogP contribution >= 0.6 is 0 Å². The lowest BCUT2D eigenvalue weighted by Crippen LogP contribution is -2.44. The molecule has 2 rings (SSSR count). The first-order chi connectivity index (χ1) is 13.1. The Morgan fingerprint density at radius 1 is 1.26 bits per heavy atom. The van der Waals surface area contributed by atoms with Gasteiger partial charge in [-0.05, 0) is 50.4 Å². The van der Waals surface area contributed by atoms with E-state index in [4.69, 9.17) is 9.47 Å². The number of piperidine rings is 1. The normalized spacial score (nSPS) is 16.4. The first-order valence-electron chi connectivity index (χ1n) is 9.95. The second-order valence-corrected chi connectivity index (χ2v) is 7.24. The van der Waals surface area contributed by atoms with E-state index >= 15 is 0 Å². The molecule has 0 bridgehead atoms. The molecule has 152 valence electrons. The van der Waals surface area contributed by atoms with E-state index in [2.05, 4.69) is 40.1 Å². The molecule has 1 aliphatic rings. The van der Waals surface area contributed by atoms with E-state index in [9.17, 15) is 0 Å². The number of methoxy groups -OCH3 is 1. The van der Waals surface area contributed by atoms with E-state index in [-0.39, 0.29) is 0 Å². The van der Waals surface area contributed by atoms with Gasteiger partial charge in [0.1, 0.15) is 12.4 Å². The summed E-state index contributed by atoms with van der Waals surface area (Å²) in [6, 6.07) is 8.12. The van der Waals surface area contributed by atoms with Crippen molar-refractivity contribution >= 4 is 5.96 Å². The van der Waals surface area contributed by atoms with Crippen LogP contribution in [-0.2, 0) is 4.74 Å². The second kappa shape index (κ2) is 11.8. The summed E-state index contributed by atoms with van der Waals surface area (Å²) >= 11 is 0. The summed E-state index contributed by atoms with van der Waals surface area (Å²) in [4.78, 5) is 9.04. The van der Waals surface area contributed by atoms with Gasteiger partial charge in [0.05, 0.1) is 13.2 Å². The molecule has 1 aliphatic heterocycles. The number of para-hydroxylation sites is 1. The van der Waals surface area contributed by atoms with Gasteiger partial charge in [-0.1, -0.05) is 18.2 Å². The van der Waals surface area contributed by atoms with E-state index in [0.717, 1.165) is 51.0 Å². The van der Waals surface area contributed by atoms with Crippen LogP contribution in [0.1, 0.15) is 18.4 Å². The fourth-order valence-corrected chi connectivity index (χ4v) is 3.37. The average Bonchev–Trinajstić information content (AvgIpc) is 2.69. The van der Waals surface area contributed by atoms with Crippen LogP contribution in [0, 0.1) is 12.8 Å². The Bertz CT molecular complexity index is 571. The molecule has 0 aromatic heterocycles. The zero-order valence-corrected chi connectivity index (χ0v) is 17.4. The third-order valence-corrected chi connectivity index (χ3v) is 5.22. The van der Waals surface area contributed by atoms with Gasteiger partial charge in [-0.3, -0.25) is 4.99 Å². The number of nitrogens with one attached hydrogen (secondary N) is 1. The van der Waals surface area contributed by atoms with E-state index in [1.54, 1.807) is 7.11 Å². The number of hydrogen-bond donors (Lipinski definition) is 1. The van der Waals surface area contributed by atoms with Crippen molar-refractivity contribution in [1.82, 2.24) is 15.1 Å². The highest BCUT2D eigenvalue weighted by Crippen LogP contribution is 2.17. The van der Waals surface area contributed by atoms with Crippen LogP contribution in [0.15, 0.2) is 29.3 Å². The average molecular weight is 377 g/mol. The second-order valence-electron chi connectivity index (χ2n) is 7.24. The van der Waals surface area contributed by atoms with E-state index in [1.165, 1.54) is 18.4 Å². The Balaban J connectivity index is 1.66. The molecule has 0 saturated carbocycles. The largest absolute Gasteiger partial charge is 0.491 e. The fraction of sp³-hybridized carbons (Fsp3) is 0.667. The highest BCUT2D eigenvalue weighted by Gasteiger charge is 2.19. The molecule has 1 N–H and O–H groups in total. The van der Waals surface area contributed by atoms with Crippen LogP contribution < -0.4 is 10.1 Å². The number of likely N-dealkylation sites (tertiary alicyclic amines) is 1. The molecule has 0 unspecified atom stereocenters. The summed E-state index contributed by atoms with van der Waals surface area (Å²) in [7, 11) is 5.67. The van der Waals surface area contributed by atoms with Crippen molar-refractivity contribution in [3.63, 3.8) is 0 Å². The molecule has 1 aromatic rings. The molecular formula is C21H36N4O2.